The number of rotatable bonds is 4. The van der Waals surface area contributed by atoms with Crippen LogP contribution in [0, 0.1) is 0 Å². The fourth-order valence-electron chi connectivity index (χ4n) is 2.16. The number of benzene rings is 1. The van der Waals surface area contributed by atoms with Gasteiger partial charge in [-0.25, -0.2) is 0 Å². The van der Waals surface area contributed by atoms with Crippen LogP contribution in [0.5, 0.6) is 0 Å². The maximum Gasteiger partial charge on any atom is 0.406 e. The molecule has 1 heterocycles. The maximum atomic E-state index is 12.5. The van der Waals surface area contributed by atoms with E-state index in [1.807, 2.05) is 12.1 Å². The van der Waals surface area contributed by atoms with Crippen LogP contribution in [0.3, 0.4) is 0 Å². The zero-order valence-corrected chi connectivity index (χ0v) is 12.7. The predicted octanol–water partition coefficient (Wildman–Crippen LogP) is 2.54. The molecule has 1 aromatic rings. The molecule has 0 spiro atoms. The van der Waals surface area contributed by atoms with E-state index in [0.29, 0.717) is 10.6 Å². The molecular formula is C14H15F3N2O2S. The quantitative estimate of drug-likeness (QED) is 0.851. The second-order valence-corrected chi connectivity index (χ2v) is 5.78. The van der Waals surface area contributed by atoms with Crippen molar-refractivity contribution in [2.45, 2.75) is 18.0 Å². The third kappa shape index (κ3) is 3.94. The second-order valence-electron chi connectivity index (χ2n) is 4.76. The molecular weight excluding hydrogens is 317 g/mol. The summed E-state index contributed by atoms with van der Waals surface area (Å²) in [4.78, 5) is 26.9. The lowest BCUT2D eigenvalue weighted by molar-refractivity contribution is -0.160. The average Bonchev–Trinajstić information content (AvgIpc) is 2.46. The van der Waals surface area contributed by atoms with Crippen molar-refractivity contribution in [3.05, 3.63) is 24.3 Å². The van der Waals surface area contributed by atoms with Crippen LogP contribution in [-0.2, 0) is 9.59 Å². The number of halogens is 3. The molecule has 22 heavy (non-hydrogen) atoms. The van der Waals surface area contributed by atoms with Gasteiger partial charge in [-0.1, -0.05) is 12.1 Å². The zero-order chi connectivity index (χ0) is 16.3. The number of amides is 2. The molecule has 2 rings (SSSR count). The van der Waals surface area contributed by atoms with Gasteiger partial charge >= 0.3 is 6.18 Å². The lowest BCUT2D eigenvalue weighted by Crippen LogP contribution is -2.47. The minimum Gasteiger partial charge on any atom is -0.332 e. The van der Waals surface area contributed by atoms with E-state index < -0.39 is 18.6 Å². The number of hydrogen-bond donors (Lipinski definition) is 0. The smallest absolute Gasteiger partial charge is 0.332 e. The summed E-state index contributed by atoms with van der Waals surface area (Å²) < 4.78 is 37.4. The van der Waals surface area contributed by atoms with Crippen molar-refractivity contribution in [3.8, 4) is 0 Å². The minimum absolute atomic E-state index is 0.0588. The topological polar surface area (TPSA) is 40.6 Å². The number of likely N-dealkylation sites (N-methyl/N-ethyl adjacent to an activating group) is 1. The van der Waals surface area contributed by atoms with Gasteiger partial charge < -0.3 is 9.80 Å². The summed E-state index contributed by atoms with van der Waals surface area (Å²) in [6, 6.07) is 7.04. The largest absolute Gasteiger partial charge is 0.406 e. The summed E-state index contributed by atoms with van der Waals surface area (Å²) in [5.41, 5.74) is 0.570. The Bertz CT molecular complexity index is 577. The van der Waals surface area contributed by atoms with Crippen molar-refractivity contribution >= 4 is 29.3 Å². The van der Waals surface area contributed by atoms with Crippen LogP contribution in [-0.4, -0.2) is 48.3 Å². The van der Waals surface area contributed by atoms with Gasteiger partial charge in [0.1, 0.15) is 13.1 Å². The Morgan fingerprint density at radius 2 is 2.05 bits per heavy atom. The van der Waals surface area contributed by atoms with Crippen LogP contribution in [0.25, 0.3) is 0 Å². The van der Waals surface area contributed by atoms with Gasteiger partial charge in [0.25, 0.3) is 0 Å². The fourth-order valence-corrected chi connectivity index (χ4v) is 3.09. The molecule has 1 aliphatic rings. The number of carbonyl (C=O) groups is 2. The van der Waals surface area contributed by atoms with Gasteiger partial charge in [0.15, 0.2) is 0 Å². The first kappa shape index (κ1) is 16.7. The van der Waals surface area contributed by atoms with Crippen molar-refractivity contribution < 1.29 is 22.8 Å². The minimum atomic E-state index is -4.45. The molecule has 1 aliphatic heterocycles. The normalized spacial score (nSPS) is 14.7. The van der Waals surface area contributed by atoms with Crippen LogP contribution in [0.1, 0.15) is 6.92 Å². The van der Waals surface area contributed by atoms with Gasteiger partial charge in [-0.05, 0) is 19.1 Å². The van der Waals surface area contributed by atoms with Gasteiger partial charge in [0, 0.05) is 11.4 Å². The third-order valence-electron chi connectivity index (χ3n) is 3.21. The SMILES string of the molecule is CCN(CC(F)(F)F)C(=O)CN1C(=O)CSc2ccccc21. The van der Waals surface area contributed by atoms with Gasteiger partial charge in [-0.2, -0.15) is 13.2 Å². The van der Waals surface area contributed by atoms with E-state index in [0.717, 1.165) is 4.90 Å². The summed E-state index contributed by atoms with van der Waals surface area (Å²) in [7, 11) is 0. The van der Waals surface area contributed by atoms with Crippen molar-refractivity contribution in [3.63, 3.8) is 0 Å². The highest BCUT2D eigenvalue weighted by molar-refractivity contribution is 8.00. The molecule has 1 aromatic carbocycles. The molecule has 4 nitrogen and oxygen atoms in total. The Kier molecular flexibility index (Phi) is 5.00. The lowest BCUT2D eigenvalue weighted by Gasteiger charge is -2.31. The molecule has 0 atom stereocenters. The summed E-state index contributed by atoms with van der Waals surface area (Å²) in [6.45, 7) is -0.261. The number of alkyl halides is 3. The first-order valence-corrected chi connectivity index (χ1v) is 7.67. The maximum absolute atomic E-state index is 12.5. The van der Waals surface area contributed by atoms with Crippen LogP contribution in [0.15, 0.2) is 29.2 Å². The van der Waals surface area contributed by atoms with E-state index in [1.165, 1.54) is 23.6 Å². The van der Waals surface area contributed by atoms with Crippen molar-refractivity contribution in [2.75, 3.05) is 30.3 Å². The molecule has 0 radical (unpaired) electrons. The highest BCUT2D eigenvalue weighted by Crippen LogP contribution is 2.34. The van der Waals surface area contributed by atoms with Gasteiger partial charge in [-0.3, -0.25) is 9.59 Å². The summed E-state index contributed by atoms with van der Waals surface area (Å²) in [5, 5.41) is 0. The van der Waals surface area contributed by atoms with E-state index >= 15 is 0 Å². The lowest BCUT2D eigenvalue weighted by atomic mass is 10.2. The van der Waals surface area contributed by atoms with Crippen LogP contribution < -0.4 is 4.90 Å². The standard InChI is InChI=1S/C14H15F3N2O2S/c1-2-18(9-14(15,16)17)12(20)7-19-10-5-3-4-6-11(10)22-8-13(19)21/h3-6H,2,7-9H2,1H3. The second kappa shape index (κ2) is 6.60. The van der Waals surface area contributed by atoms with Gasteiger partial charge in [-0.15, -0.1) is 11.8 Å². The van der Waals surface area contributed by atoms with E-state index in [1.54, 1.807) is 12.1 Å². The molecule has 0 bridgehead atoms. The average molecular weight is 332 g/mol. The molecule has 2 amide bonds. The van der Waals surface area contributed by atoms with E-state index in [2.05, 4.69) is 0 Å². The Morgan fingerprint density at radius 3 is 2.68 bits per heavy atom. The molecule has 0 fully saturated rings. The molecule has 120 valence electrons. The van der Waals surface area contributed by atoms with Crippen LogP contribution >= 0.6 is 11.8 Å². The van der Waals surface area contributed by atoms with E-state index in [4.69, 9.17) is 0 Å². The van der Waals surface area contributed by atoms with Crippen LogP contribution in [0.2, 0.25) is 0 Å². The van der Waals surface area contributed by atoms with E-state index in [9.17, 15) is 22.8 Å². The number of para-hydroxylation sites is 1. The molecule has 0 aliphatic carbocycles. The van der Waals surface area contributed by atoms with Crippen molar-refractivity contribution in [1.29, 1.82) is 0 Å². The summed E-state index contributed by atoms with van der Waals surface area (Å²) in [6.07, 6.45) is -4.45. The predicted molar refractivity (Wildman–Crippen MR) is 77.8 cm³/mol. The van der Waals surface area contributed by atoms with Crippen molar-refractivity contribution in [2.24, 2.45) is 0 Å². The molecule has 0 unspecified atom stereocenters. The molecule has 8 heteroatoms. The number of anilines is 1. The Morgan fingerprint density at radius 1 is 1.36 bits per heavy atom. The Labute approximate surface area is 130 Å². The Balaban J connectivity index is 2.15. The van der Waals surface area contributed by atoms with Gasteiger partial charge in [0.05, 0.1) is 11.4 Å². The monoisotopic (exact) mass is 332 g/mol. The number of carbonyl (C=O) groups excluding carboxylic acids is 2. The molecule has 0 aromatic heterocycles. The highest BCUT2D eigenvalue weighted by atomic mass is 32.2. The molecule has 0 saturated carbocycles. The number of hydrogen-bond acceptors (Lipinski definition) is 3. The molecule has 0 N–H and O–H groups in total. The van der Waals surface area contributed by atoms with Gasteiger partial charge in [0.2, 0.25) is 11.8 Å². The van der Waals surface area contributed by atoms with Crippen LogP contribution in [0.4, 0.5) is 18.9 Å². The Hall–Kier alpha value is -1.70. The fraction of sp³-hybridized carbons (Fsp3) is 0.429. The number of nitrogens with zero attached hydrogens (tertiary/aromatic N) is 2. The molecule has 0 saturated heterocycles. The zero-order valence-electron chi connectivity index (χ0n) is 11.9. The summed E-state index contributed by atoms with van der Waals surface area (Å²) >= 11 is 1.36. The highest BCUT2D eigenvalue weighted by Gasteiger charge is 2.34. The number of fused-ring (bicyclic) bond motifs is 1. The first-order valence-electron chi connectivity index (χ1n) is 6.68. The van der Waals surface area contributed by atoms with Crippen molar-refractivity contribution in [1.82, 2.24) is 4.90 Å². The number of thioether (sulfide) groups is 1. The third-order valence-corrected chi connectivity index (χ3v) is 4.25. The first-order chi connectivity index (χ1) is 10.3. The summed E-state index contributed by atoms with van der Waals surface area (Å²) in [5.74, 6) is -0.814. The van der Waals surface area contributed by atoms with E-state index in [-0.39, 0.29) is 24.7 Å².